The standard InChI is InChI=1S/C5H12N2/c1-3-7-4-5(7)6-2/h5-6H,3-4H2,1-2H3. The zero-order valence-corrected chi connectivity index (χ0v) is 4.94. The Labute approximate surface area is 44.5 Å². The molecule has 1 N–H and O–H groups in total. The summed E-state index contributed by atoms with van der Waals surface area (Å²) in [5, 5.41) is 3.17. The molecule has 1 saturated heterocycles. The van der Waals surface area contributed by atoms with E-state index in [1.807, 2.05) is 7.05 Å². The first-order valence-electron chi connectivity index (χ1n) is 2.79. The summed E-state index contributed by atoms with van der Waals surface area (Å²) in [5.74, 6) is 0. The molecule has 0 radical (unpaired) electrons. The summed E-state index contributed by atoms with van der Waals surface area (Å²) in [5.41, 5.74) is 0. The summed E-state index contributed by atoms with van der Waals surface area (Å²) in [6.07, 6.45) is 0.699. The van der Waals surface area contributed by atoms with Gasteiger partial charge in [0.2, 0.25) is 0 Å². The van der Waals surface area contributed by atoms with Crippen LogP contribution in [-0.2, 0) is 0 Å². The Hall–Kier alpha value is -0.0800. The molecule has 0 aromatic rings. The van der Waals surface area contributed by atoms with Gasteiger partial charge in [-0.15, -0.1) is 0 Å². The maximum Gasteiger partial charge on any atom is 0.0727 e. The van der Waals surface area contributed by atoms with Crippen molar-refractivity contribution in [1.29, 1.82) is 0 Å². The Morgan fingerprint density at radius 2 is 2.57 bits per heavy atom. The van der Waals surface area contributed by atoms with Crippen molar-refractivity contribution in [2.24, 2.45) is 0 Å². The highest BCUT2D eigenvalue weighted by Gasteiger charge is 2.29. The van der Waals surface area contributed by atoms with E-state index in [1.165, 1.54) is 13.1 Å². The number of likely N-dealkylation sites (N-methyl/N-ethyl adjacent to an activating group) is 2. The van der Waals surface area contributed by atoms with Gasteiger partial charge in [0.1, 0.15) is 0 Å². The van der Waals surface area contributed by atoms with Gasteiger partial charge < -0.3 is 5.32 Å². The van der Waals surface area contributed by atoms with Gasteiger partial charge >= 0.3 is 0 Å². The van der Waals surface area contributed by atoms with Gasteiger partial charge in [-0.05, 0) is 13.6 Å². The largest absolute Gasteiger partial charge is 0.304 e. The average Bonchev–Trinajstić information content (AvgIpc) is 2.43. The molecule has 2 heteroatoms. The fourth-order valence-corrected chi connectivity index (χ4v) is 0.798. The van der Waals surface area contributed by atoms with Crippen LogP contribution in [0.5, 0.6) is 0 Å². The van der Waals surface area contributed by atoms with E-state index < -0.39 is 0 Å². The highest BCUT2D eigenvalue weighted by molar-refractivity contribution is 4.83. The third-order valence-electron chi connectivity index (χ3n) is 1.45. The molecule has 0 bridgehead atoms. The fourth-order valence-electron chi connectivity index (χ4n) is 0.798. The van der Waals surface area contributed by atoms with Crippen LogP contribution in [0, 0.1) is 0 Å². The summed E-state index contributed by atoms with van der Waals surface area (Å²) < 4.78 is 0. The van der Waals surface area contributed by atoms with Crippen LogP contribution >= 0.6 is 0 Å². The third-order valence-corrected chi connectivity index (χ3v) is 1.45. The van der Waals surface area contributed by atoms with E-state index in [1.54, 1.807) is 0 Å². The van der Waals surface area contributed by atoms with Crippen molar-refractivity contribution in [3.63, 3.8) is 0 Å². The Morgan fingerprint density at radius 3 is 2.71 bits per heavy atom. The lowest BCUT2D eigenvalue weighted by atomic mass is 10.7. The van der Waals surface area contributed by atoms with Crippen molar-refractivity contribution in [3.8, 4) is 0 Å². The van der Waals surface area contributed by atoms with Crippen LogP contribution in [0.2, 0.25) is 0 Å². The first-order chi connectivity index (χ1) is 3.38. The van der Waals surface area contributed by atoms with Gasteiger partial charge in [0.05, 0.1) is 6.17 Å². The van der Waals surface area contributed by atoms with Gasteiger partial charge in [0, 0.05) is 6.54 Å². The predicted octanol–water partition coefficient (Wildman–Crippen LogP) is -0.133. The molecule has 1 heterocycles. The maximum atomic E-state index is 3.17. The monoisotopic (exact) mass is 100 g/mol. The van der Waals surface area contributed by atoms with Crippen molar-refractivity contribution in [3.05, 3.63) is 0 Å². The van der Waals surface area contributed by atoms with E-state index >= 15 is 0 Å². The number of hydrogen-bond acceptors (Lipinski definition) is 2. The minimum Gasteiger partial charge on any atom is -0.304 e. The molecule has 1 fully saturated rings. The Morgan fingerprint density at radius 1 is 1.86 bits per heavy atom. The molecule has 42 valence electrons. The molecule has 1 aliphatic heterocycles. The van der Waals surface area contributed by atoms with Crippen molar-refractivity contribution < 1.29 is 0 Å². The molecule has 0 amide bonds. The smallest absolute Gasteiger partial charge is 0.0727 e. The van der Waals surface area contributed by atoms with Gasteiger partial charge in [-0.3, -0.25) is 4.90 Å². The van der Waals surface area contributed by atoms with E-state index in [9.17, 15) is 0 Å². The zero-order chi connectivity index (χ0) is 5.28. The molecule has 1 rings (SSSR count). The van der Waals surface area contributed by atoms with Crippen LogP contribution in [0.25, 0.3) is 0 Å². The minimum absolute atomic E-state index is 0.699. The van der Waals surface area contributed by atoms with Gasteiger partial charge in [-0.25, -0.2) is 0 Å². The van der Waals surface area contributed by atoms with Crippen LogP contribution < -0.4 is 5.32 Å². The molecular weight excluding hydrogens is 88.1 g/mol. The number of nitrogens with one attached hydrogen (secondary N) is 1. The molecule has 0 aromatic carbocycles. The topological polar surface area (TPSA) is 15.0 Å². The quantitative estimate of drug-likeness (QED) is 0.486. The van der Waals surface area contributed by atoms with Gasteiger partial charge in [0.15, 0.2) is 0 Å². The van der Waals surface area contributed by atoms with E-state index in [2.05, 4.69) is 17.1 Å². The molecule has 0 saturated carbocycles. The van der Waals surface area contributed by atoms with Crippen molar-refractivity contribution in [2.75, 3.05) is 20.1 Å². The fraction of sp³-hybridized carbons (Fsp3) is 1.00. The van der Waals surface area contributed by atoms with Crippen LogP contribution in [-0.4, -0.2) is 31.2 Å². The highest BCUT2D eigenvalue weighted by Crippen LogP contribution is 2.10. The lowest BCUT2D eigenvalue weighted by Gasteiger charge is -1.93. The molecule has 0 aromatic heterocycles. The van der Waals surface area contributed by atoms with E-state index in [0.717, 1.165) is 0 Å². The normalized spacial score (nSPS) is 38.6. The Kier molecular flexibility index (Phi) is 1.30. The van der Waals surface area contributed by atoms with Crippen molar-refractivity contribution in [2.45, 2.75) is 13.1 Å². The highest BCUT2D eigenvalue weighted by atomic mass is 15.4. The van der Waals surface area contributed by atoms with Gasteiger partial charge in [-0.2, -0.15) is 0 Å². The van der Waals surface area contributed by atoms with Crippen LogP contribution in [0.1, 0.15) is 6.92 Å². The maximum absolute atomic E-state index is 3.17. The van der Waals surface area contributed by atoms with Crippen molar-refractivity contribution in [1.82, 2.24) is 10.2 Å². The Balaban J connectivity index is 2.06. The second-order valence-corrected chi connectivity index (χ2v) is 1.89. The first-order valence-corrected chi connectivity index (χ1v) is 2.79. The molecule has 2 unspecified atom stereocenters. The first kappa shape index (κ1) is 5.06. The van der Waals surface area contributed by atoms with Crippen molar-refractivity contribution >= 4 is 0 Å². The van der Waals surface area contributed by atoms with Crippen LogP contribution in [0.15, 0.2) is 0 Å². The lowest BCUT2D eigenvalue weighted by Crippen LogP contribution is -2.15. The average molecular weight is 100 g/mol. The van der Waals surface area contributed by atoms with E-state index in [0.29, 0.717) is 6.17 Å². The summed E-state index contributed by atoms with van der Waals surface area (Å²) in [7, 11) is 2.00. The third kappa shape index (κ3) is 0.924. The second-order valence-electron chi connectivity index (χ2n) is 1.89. The molecule has 1 aliphatic rings. The van der Waals surface area contributed by atoms with Gasteiger partial charge in [0.25, 0.3) is 0 Å². The minimum atomic E-state index is 0.699. The molecular formula is C5H12N2. The molecule has 2 atom stereocenters. The summed E-state index contributed by atoms with van der Waals surface area (Å²) >= 11 is 0. The number of nitrogens with zero attached hydrogens (tertiary/aromatic N) is 1. The summed E-state index contributed by atoms with van der Waals surface area (Å²) in [6.45, 7) is 4.61. The predicted molar refractivity (Wildman–Crippen MR) is 30.1 cm³/mol. The van der Waals surface area contributed by atoms with Crippen LogP contribution in [0.3, 0.4) is 0 Å². The Bertz CT molecular complexity index is 55.1. The SMILES string of the molecule is CCN1CC1NC. The van der Waals surface area contributed by atoms with Gasteiger partial charge in [-0.1, -0.05) is 6.92 Å². The zero-order valence-electron chi connectivity index (χ0n) is 4.94. The molecule has 7 heavy (non-hydrogen) atoms. The van der Waals surface area contributed by atoms with Crippen LogP contribution in [0.4, 0.5) is 0 Å². The summed E-state index contributed by atoms with van der Waals surface area (Å²) in [6, 6.07) is 0. The number of rotatable bonds is 2. The van der Waals surface area contributed by atoms with E-state index in [4.69, 9.17) is 0 Å². The molecule has 0 aliphatic carbocycles. The summed E-state index contributed by atoms with van der Waals surface area (Å²) in [4.78, 5) is 2.36. The molecule has 0 spiro atoms. The number of hydrogen-bond donors (Lipinski definition) is 1. The lowest BCUT2D eigenvalue weighted by molar-refractivity contribution is 0.504. The van der Waals surface area contributed by atoms with E-state index in [-0.39, 0.29) is 0 Å². The second kappa shape index (κ2) is 1.80. The molecule has 2 nitrogen and oxygen atoms in total.